The van der Waals surface area contributed by atoms with Gasteiger partial charge in [0, 0.05) is 38.8 Å². The first kappa shape index (κ1) is 20.1. The minimum absolute atomic E-state index is 0.138. The Morgan fingerprint density at radius 2 is 2.07 bits per heavy atom. The molecule has 3 unspecified atom stereocenters. The summed E-state index contributed by atoms with van der Waals surface area (Å²) in [4.78, 5) is 16.3. The van der Waals surface area contributed by atoms with Crippen molar-refractivity contribution in [3.05, 3.63) is 12.7 Å². The predicted octanol–water partition coefficient (Wildman–Crippen LogP) is 1.39. The summed E-state index contributed by atoms with van der Waals surface area (Å²) in [6.45, 7) is 3.67. The molecule has 0 radical (unpaired) electrons. The Kier molecular flexibility index (Phi) is 5.61. The zero-order valence-electron chi connectivity index (χ0n) is 17.6. The molecule has 2 aromatic heterocycles. The van der Waals surface area contributed by atoms with Gasteiger partial charge < -0.3 is 28.8 Å². The molecule has 2 aliphatic heterocycles. The number of aromatic nitrogens is 4. The Balaban J connectivity index is 1.46. The van der Waals surface area contributed by atoms with Gasteiger partial charge in [0.2, 0.25) is 0 Å². The molecule has 1 N–H and O–H groups in total. The minimum atomic E-state index is -0.184. The van der Waals surface area contributed by atoms with Crippen LogP contribution in [0.2, 0.25) is 0 Å². The number of aliphatic hydroxyl groups excluding tert-OH is 1. The van der Waals surface area contributed by atoms with Crippen LogP contribution >= 0.6 is 0 Å². The van der Waals surface area contributed by atoms with Crippen LogP contribution in [0.15, 0.2) is 12.7 Å². The zero-order chi connectivity index (χ0) is 20.6. The molecule has 5 rings (SSSR count). The summed E-state index contributed by atoms with van der Waals surface area (Å²) in [5.74, 6) is 0.874. The van der Waals surface area contributed by atoms with Gasteiger partial charge in [-0.2, -0.15) is 0 Å². The number of aliphatic hydroxyl groups is 1. The quantitative estimate of drug-likeness (QED) is 0.780. The number of nitrogens with zero attached hydrogens (tertiary/aromatic N) is 5. The summed E-state index contributed by atoms with van der Waals surface area (Å²) in [5.41, 5.74) is 1.45. The van der Waals surface area contributed by atoms with Crippen molar-refractivity contribution in [3.63, 3.8) is 0 Å². The Morgan fingerprint density at radius 3 is 2.87 bits per heavy atom. The van der Waals surface area contributed by atoms with Crippen molar-refractivity contribution in [1.29, 1.82) is 0 Å². The fourth-order valence-electron chi connectivity index (χ4n) is 5.28. The van der Waals surface area contributed by atoms with E-state index in [4.69, 9.17) is 19.2 Å². The van der Waals surface area contributed by atoms with Crippen LogP contribution in [0.1, 0.15) is 32.1 Å². The molecule has 2 aromatic rings. The highest BCUT2D eigenvalue weighted by molar-refractivity contribution is 5.83. The summed E-state index contributed by atoms with van der Waals surface area (Å²) in [6, 6.07) is 0.236. The summed E-state index contributed by atoms with van der Waals surface area (Å²) < 4.78 is 19.3. The number of hydrogen-bond donors (Lipinski definition) is 1. The number of morpholine rings is 1. The van der Waals surface area contributed by atoms with Gasteiger partial charge in [-0.1, -0.05) is 0 Å². The Labute approximate surface area is 176 Å². The van der Waals surface area contributed by atoms with Gasteiger partial charge in [-0.05, 0) is 32.1 Å². The molecule has 1 saturated carbocycles. The van der Waals surface area contributed by atoms with Gasteiger partial charge in [-0.3, -0.25) is 0 Å². The van der Waals surface area contributed by atoms with Crippen LogP contribution in [-0.2, 0) is 20.8 Å². The molecular formula is C21H31N5O4. The standard InChI is InChI=1S/C21H31N5O4/c1-28-15-2-3-17-16(10-15)26(6-9-30-17)20-18-19(22-13-23-20)25(14-24-18)11-21(12-27)4-7-29-8-5-21/h13-17,27H,2-12H2,1H3. The lowest BCUT2D eigenvalue weighted by Crippen LogP contribution is -2.55. The SMILES string of the molecule is COC1CCC2OCCN(c3ncnc4c3ncn4CC3(CO)CCOCC3)C2C1. The second-order valence-electron chi connectivity index (χ2n) is 8.85. The van der Waals surface area contributed by atoms with E-state index in [9.17, 15) is 5.11 Å². The minimum Gasteiger partial charge on any atom is -0.396 e. The number of fused-ring (bicyclic) bond motifs is 2. The van der Waals surface area contributed by atoms with Crippen molar-refractivity contribution in [1.82, 2.24) is 19.5 Å². The fourth-order valence-corrected chi connectivity index (χ4v) is 5.28. The predicted molar refractivity (Wildman–Crippen MR) is 110 cm³/mol. The average Bonchev–Trinajstić information content (AvgIpc) is 3.21. The van der Waals surface area contributed by atoms with E-state index in [1.54, 1.807) is 13.4 Å². The summed E-state index contributed by atoms with van der Waals surface area (Å²) in [6.07, 6.45) is 8.58. The van der Waals surface area contributed by atoms with E-state index >= 15 is 0 Å². The highest BCUT2D eigenvalue weighted by Crippen LogP contribution is 2.36. The van der Waals surface area contributed by atoms with Gasteiger partial charge >= 0.3 is 0 Å². The second kappa shape index (κ2) is 8.37. The van der Waals surface area contributed by atoms with Crippen molar-refractivity contribution in [2.75, 3.05) is 45.0 Å². The number of hydrogen-bond acceptors (Lipinski definition) is 8. The topological polar surface area (TPSA) is 94.8 Å². The van der Waals surface area contributed by atoms with Crippen LogP contribution in [0.4, 0.5) is 5.82 Å². The molecule has 9 heteroatoms. The van der Waals surface area contributed by atoms with Crippen LogP contribution in [-0.4, -0.2) is 83.0 Å². The van der Waals surface area contributed by atoms with Crippen molar-refractivity contribution in [2.45, 2.75) is 56.9 Å². The molecule has 164 valence electrons. The van der Waals surface area contributed by atoms with Crippen molar-refractivity contribution >= 4 is 17.0 Å². The maximum absolute atomic E-state index is 10.1. The highest BCUT2D eigenvalue weighted by atomic mass is 16.5. The molecule has 0 amide bonds. The van der Waals surface area contributed by atoms with E-state index in [0.717, 1.165) is 55.6 Å². The van der Waals surface area contributed by atoms with E-state index in [1.807, 2.05) is 6.33 Å². The Morgan fingerprint density at radius 1 is 1.20 bits per heavy atom. The number of anilines is 1. The molecule has 3 atom stereocenters. The average molecular weight is 418 g/mol. The summed E-state index contributed by atoms with van der Waals surface area (Å²) in [7, 11) is 1.79. The van der Waals surface area contributed by atoms with Gasteiger partial charge in [0.15, 0.2) is 17.0 Å². The van der Waals surface area contributed by atoms with E-state index < -0.39 is 0 Å². The molecule has 0 bridgehead atoms. The summed E-state index contributed by atoms with van der Waals surface area (Å²) >= 11 is 0. The van der Waals surface area contributed by atoms with Gasteiger partial charge in [0.05, 0.1) is 37.8 Å². The number of rotatable bonds is 5. The number of imidazole rings is 1. The third kappa shape index (κ3) is 3.57. The zero-order valence-corrected chi connectivity index (χ0v) is 17.6. The monoisotopic (exact) mass is 417 g/mol. The van der Waals surface area contributed by atoms with Gasteiger partial charge in [-0.25, -0.2) is 15.0 Å². The van der Waals surface area contributed by atoms with Crippen molar-refractivity contribution in [3.8, 4) is 0 Å². The largest absolute Gasteiger partial charge is 0.396 e. The molecule has 0 spiro atoms. The Bertz CT molecular complexity index is 868. The molecule has 9 nitrogen and oxygen atoms in total. The number of methoxy groups -OCH3 is 1. The molecule has 0 aromatic carbocycles. The first-order chi connectivity index (χ1) is 14.7. The van der Waals surface area contributed by atoms with E-state index in [-0.39, 0.29) is 30.3 Å². The van der Waals surface area contributed by atoms with Crippen LogP contribution in [0.25, 0.3) is 11.2 Å². The first-order valence-corrected chi connectivity index (χ1v) is 11.0. The maximum atomic E-state index is 10.1. The lowest BCUT2D eigenvalue weighted by Gasteiger charge is -2.46. The van der Waals surface area contributed by atoms with Gasteiger partial charge in [-0.15, -0.1) is 0 Å². The van der Waals surface area contributed by atoms with Gasteiger partial charge in [0.25, 0.3) is 0 Å². The molecular weight excluding hydrogens is 386 g/mol. The molecule has 1 aliphatic carbocycles. The normalized spacial score (nSPS) is 29.1. The van der Waals surface area contributed by atoms with Gasteiger partial charge in [0.1, 0.15) is 6.33 Å². The highest BCUT2D eigenvalue weighted by Gasteiger charge is 2.40. The molecule has 3 fully saturated rings. The van der Waals surface area contributed by atoms with E-state index in [0.29, 0.717) is 26.4 Å². The summed E-state index contributed by atoms with van der Waals surface area (Å²) in [5, 5.41) is 10.1. The third-order valence-corrected chi connectivity index (χ3v) is 7.15. The molecule has 4 heterocycles. The Hall–Kier alpha value is -1.81. The van der Waals surface area contributed by atoms with E-state index in [2.05, 4.69) is 19.4 Å². The van der Waals surface area contributed by atoms with Crippen LogP contribution in [0.3, 0.4) is 0 Å². The van der Waals surface area contributed by atoms with Crippen molar-refractivity contribution in [2.24, 2.45) is 5.41 Å². The molecule has 3 aliphatic rings. The smallest absolute Gasteiger partial charge is 0.165 e. The van der Waals surface area contributed by atoms with Crippen LogP contribution in [0.5, 0.6) is 0 Å². The second-order valence-corrected chi connectivity index (χ2v) is 8.85. The lowest BCUT2D eigenvalue weighted by atomic mass is 9.81. The third-order valence-electron chi connectivity index (χ3n) is 7.15. The number of ether oxygens (including phenoxy) is 3. The van der Waals surface area contributed by atoms with Crippen LogP contribution in [0, 0.1) is 5.41 Å². The lowest BCUT2D eigenvalue weighted by molar-refractivity contribution is -0.0472. The maximum Gasteiger partial charge on any atom is 0.165 e. The molecule has 2 saturated heterocycles. The van der Waals surface area contributed by atoms with E-state index in [1.165, 1.54) is 0 Å². The van der Waals surface area contributed by atoms with Crippen LogP contribution < -0.4 is 4.90 Å². The fraction of sp³-hybridized carbons (Fsp3) is 0.762. The van der Waals surface area contributed by atoms with Crippen molar-refractivity contribution < 1.29 is 19.3 Å². The first-order valence-electron chi connectivity index (χ1n) is 11.0. The molecule has 30 heavy (non-hydrogen) atoms.